The number of aromatic nitrogens is 1. The molecular weight excluding hydrogens is 180 g/mol. The van der Waals surface area contributed by atoms with E-state index in [1.807, 2.05) is 18.0 Å². The van der Waals surface area contributed by atoms with Gasteiger partial charge in [-0.25, -0.2) is 0 Å². The third-order valence-corrected chi connectivity index (χ3v) is 2.10. The largest absolute Gasteiger partial charge is 0.392 e. The minimum atomic E-state index is 0.0369. The summed E-state index contributed by atoms with van der Waals surface area (Å²) in [6.07, 6.45) is 3.43. The van der Waals surface area contributed by atoms with Gasteiger partial charge < -0.3 is 14.7 Å². The molecule has 0 aliphatic carbocycles. The van der Waals surface area contributed by atoms with Crippen LogP contribution in [0.25, 0.3) is 0 Å². The normalized spacial score (nSPS) is 10.2. The Balaban J connectivity index is 2.72. The van der Waals surface area contributed by atoms with Gasteiger partial charge in [-0.2, -0.15) is 0 Å². The number of rotatable bonds is 5. The predicted octanol–water partition coefficient (Wildman–Crippen LogP) is 0.657. The predicted molar refractivity (Wildman–Crippen MR) is 55.3 cm³/mol. The highest BCUT2D eigenvalue weighted by Gasteiger charge is 2.05. The number of anilines is 1. The first kappa shape index (κ1) is 10.9. The van der Waals surface area contributed by atoms with Crippen molar-refractivity contribution in [2.45, 2.75) is 6.61 Å². The van der Waals surface area contributed by atoms with E-state index in [1.54, 1.807) is 19.5 Å². The first-order chi connectivity index (χ1) is 6.79. The van der Waals surface area contributed by atoms with Gasteiger partial charge in [-0.15, -0.1) is 0 Å². The summed E-state index contributed by atoms with van der Waals surface area (Å²) in [7, 11) is 3.62. The van der Waals surface area contributed by atoms with Gasteiger partial charge in [-0.1, -0.05) is 0 Å². The molecule has 1 N–H and O–H groups in total. The minimum Gasteiger partial charge on any atom is -0.392 e. The summed E-state index contributed by atoms with van der Waals surface area (Å²) in [4.78, 5) is 6.04. The Morgan fingerprint density at radius 2 is 2.36 bits per heavy atom. The molecule has 0 bridgehead atoms. The molecule has 78 valence electrons. The molecule has 0 atom stereocenters. The SMILES string of the molecule is COCCN(C)c1cnccc1CO. The Morgan fingerprint density at radius 3 is 3.00 bits per heavy atom. The molecule has 1 aromatic heterocycles. The van der Waals surface area contributed by atoms with Crippen LogP contribution in [0.5, 0.6) is 0 Å². The molecule has 0 fully saturated rings. The van der Waals surface area contributed by atoms with E-state index < -0.39 is 0 Å². The Hall–Kier alpha value is -1.13. The molecule has 14 heavy (non-hydrogen) atoms. The van der Waals surface area contributed by atoms with Crippen molar-refractivity contribution < 1.29 is 9.84 Å². The van der Waals surface area contributed by atoms with Crippen LogP contribution < -0.4 is 4.90 Å². The summed E-state index contributed by atoms with van der Waals surface area (Å²) in [6.45, 7) is 1.49. The number of methoxy groups -OCH3 is 1. The summed E-state index contributed by atoms with van der Waals surface area (Å²) >= 11 is 0. The molecule has 1 heterocycles. The lowest BCUT2D eigenvalue weighted by molar-refractivity contribution is 0.206. The Bertz CT molecular complexity index is 279. The van der Waals surface area contributed by atoms with Crippen LogP contribution in [-0.2, 0) is 11.3 Å². The number of hydrogen-bond acceptors (Lipinski definition) is 4. The molecule has 0 saturated carbocycles. The fraction of sp³-hybridized carbons (Fsp3) is 0.500. The lowest BCUT2D eigenvalue weighted by atomic mass is 10.2. The third-order valence-electron chi connectivity index (χ3n) is 2.10. The van der Waals surface area contributed by atoms with Crippen LogP contribution >= 0.6 is 0 Å². The van der Waals surface area contributed by atoms with Gasteiger partial charge in [-0.3, -0.25) is 4.98 Å². The summed E-state index contributed by atoms with van der Waals surface area (Å²) in [5.74, 6) is 0. The van der Waals surface area contributed by atoms with Gasteiger partial charge in [0.15, 0.2) is 0 Å². The molecule has 0 saturated heterocycles. The number of nitrogens with zero attached hydrogens (tertiary/aromatic N) is 2. The first-order valence-electron chi connectivity index (χ1n) is 4.53. The average molecular weight is 196 g/mol. The van der Waals surface area contributed by atoms with Crippen LogP contribution in [0.15, 0.2) is 18.5 Å². The zero-order chi connectivity index (χ0) is 10.4. The van der Waals surface area contributed by atoms with E-state index in [0.717, 1.165) is 17.8 Å². The molecular formula is C10H16N2O2. The van der Waals surface area contributed by atoms with E-state index >= 15 is 0 Å². The van der Waals surface area contributed by atoms with E-state index in [-0.39, 0.29) is 6.61 Å². The lowest BCUT2D eigenvalue weighted by Crippen LogP contribution is -2.23. The number of pyridine rings is 1. The zero-order valence-electron chi connectivity index (χ0n) is 8.60. The number of aliphatic hydroxyl groups excluding tert-OH is 1. The maximum atomic E-state index is 9.11. The molecule has 4 heteroatoms. The van der Waals surface area contributed by atoms with Gasteiger partial charge in [0, 0.05) is 32.5 Å². The van der Waals surface area contributed by atoms with Crippen molar-refractivity contribution in [3.63, 3.8) is 0 Å². The molecule has 0 spiro atoms. The van der Waals surface area contributed by atoms with Crippen molar-refractivity contribution in [1.29, 1.82) is 0 Å². The first-order valence-corrected chi connectivity index (χ1v) is 4.53. The van der Waals surface area contributed by atoms with E-state index in [9.17, 15) is 0 Å². The average Bonchev–Trinajstić information content (AvgIpc) is 2.25. The molecule has 0 unspecified atom stereocenters. The van der Waals surface area contributed by atoms with Gasteiger partial charge in [0.2, 0.25) is 0 Å². The second-order valence-electron chi connectivity index (χ2n) is 3.08. The van der Waals surface area contributed by atoms with Crippen molar-refractivity contribution in [3.05, 3.63) is 24.0 Å². The van der Waals surface area contributed by atoms with Crippen LogP contribution in [0.1, 0.15) is 5.56 Å². The van der Waals surface area contributed by atoms with E-state index in [1.165, 1.54) is 0 Å². The maximum Gasteiger partial charge on any atom is 0.0703 e. The molecule has 0 radical (unpaired) electrons. The minimum absolute atomic E-state index is 0.0369. The summed E-state index contributed by atoms with van der Waals surface area (Å²) in [6, 6.07) is 1.82. The third kappa shape index (κ3) is 2.68. The monoisotopic (exact) mass is 196 g/mol. The second kappa shape index (κ2) is 5.57. The van der Waals surface area contributed by atoms with Gasteiger partial charge >= 0.3 is 0 Å². The van der Waals surface area contributed by atoms with Crippen molar-refractivity contribution in [1.82, 2.24) is 4.98 Å². The van der Waals surface area contributed by atoms with Gasteiger partial charge in [-0.05, 0) is 6.07 Å². The van der Waals surface area contributed by atoms with E-state index in [2.05, 4.69) is 4.98 Å². The number of likely N-dealkylation sites (N-methyl/N-ethyl adjacent to an activating group) is 1. The Labute approximate surface area is 84.1 Å². The van der Waals surface area contributed by atoms with Gasteiger partial charge in [0.05, 0.1) is 25.1 Å². The Kier molecular flexibility index (Phi) is 4.35. The number of aliphatic hydroxyl groups is 1. The summed E-state index contributed by atoms with van der Waals surface area (Å²) in [5, 5.41) is 9.11. The zero-order valence-corrected chi connectivity index (χ0v) is 8.60. The Morgan fingerprint density at radius 1 is 1.57 bits per heavy atom. The van der Waals surface area contributed by atoms with Crippen molar-refractivity contribution in [2.24, 2.45) is 0 Å². The summed E-state index contributed by atoms with van der Waals surface area (Å²) < 4.78 is 4.98. The fourth-order valence-electron chi connectivity index (χ4n) is 1.24. The standard InChI is InChI=1S/C10H16N2O2/c1-12(5-6-14-2)10-7-11-4-3-9(10)8-13/h3-4,7,13H,5-6,8H2,1-2H3. The van der Waals surface area contributed by atoms with Crippen molar-refractivity contribution in [3.8, 4) is 0 Å². The summed E-state index contributed by atoms with van der Waals surface area (Å²) in [5.41, 5.74) is 1.84. The molecule has 0 amide bonds. The molecule has 0 aromatic carbocycles. The van der Waals surface area contributed by atoms with E-state index in [0.29, 0.717) is 6.61 Å². The second-order valence-corrected chi connectivity index (χ2v) is 3.08. The highest BCUT2D eigenvalue weighted by molar-refractivity contribution is 5.50. The van der Waals surface area contributed by atoms with Crippen LogP contribution in [0.4, 0.5) is 5.69 Å². The molecule has 0 aliphatic heterocycles. The quantitative estimate of drug-likeness (QED) is 0.751. The van der Waals surface area contributed by atoms with Crippen molar-refractivity contribution >= 4 is 5.69 Å². The van der Waals surface area contributed by atoms with Crippen LogP contribution in [0.3, 0.4) is 0 Å². The number of ether oxygens (including phenoxy) is 1. The smallest absolute Gasteiger partial charge is 0.0703 e. The maximum absolute atomic E-state index is 9.11. The van der Waals surface area contributed by atoms with Crippen LogP contribution in [0, 0.1) is 0 Å². The molecule has 4 nitrogen and oxygen atoms in total. The molecule has 1 aromatic rings. The molecule has 0 aliphatic rings. The molecule has 1 rings (SSSR count). The van der Waals surface area contributed by atoms with Crippen LogP contribution in [-0.4, -0.2) is 37.4 Å². The highest BCUT2D eigenvalue weighted by atomic mass is 16.5. The number of hydrogen-bond donors (Lipinski definition) is 1. The highest BCUT2D eigenvalue weighted by Crippen LogP contribution is 2.16. The van der Waals surface area contributed by atoms with Crippen molar-refractivity contribution in [2.75, 3.05) is 32.2 Å². The van der Waals surface area contributed by atoms with Gasteiger partial charge in [0.1, 0.15) is 0 Å². The van der Waals surface area contributed by atoms with Crippen LogP contribution in [0.2, 0.25) is 0 Å². The fourth-order valence-corrected chi connectivity index (χ4v) is 1.24. The lowest BCUT2D eigenvalue weighted by Gasteiger charge is -2.20. The van der Waals surface area contributed by atoms with E-state index in [4.69, 9.17) is 9.84 Å². The van der Waals surface area contributed by atoms with Gasteiger partial charge in [0.25, 0.3) is 0 Å². The topological polar surface area (TPSA) is 45.6 Å².